The van der Waals surface area contributed by atoms with Gasteiger partial charge in [-0.25, -0.2) is 4.39 Å². The van der Waals surface area contributed by atoms with Gasteiger partial charge in [-0.3, -0.25) is 4.79 Å². The fourth-order valence-corrected chi connectivity index (χ4v) is 2.47. The van der Waals surface area contributed by atoms with Gasteiger partial charge in [0.25, 0.3) is 5.91 Å². The number of halogens is 1. The Morgan fingerprint density at radius 2 is 2.38 bits per heavy atom. The molecular formula is C16H20FN3O. The molecular weight excluding hydrogens is 269 g/mol. The molecule has 1 aliphatic rings. The molecule has 0 spiro atoms. The van der Waals surface area contributed by atoms with Crippen molar-refractivity contribution < 1.29 is 9.18 Å². The molecule has 0 aliphatic carbocycles. The van der Waals surface area contributed by atoms with E-state index in [0.717, 1.165) is 19.4 Å². The maximum absolute atomic E-state index is 13.9. The fraction of sp³-hybridized carbons (Fsp3) is 0.438. The van der Waals surface area contributed by atoms with Crippen LogP contribution in [0.4, 0.5) is 4.39 Å². The molecule has 0 saturated carbocycles. The molecule has 1 saturated heterocycles. The molecule has 4 nitrogen and oxygen atoms in total. The molecule has 1 aromatic rings. The molecule has 2 rings (SSSR count). The lowest BCUT2D eigenvalue weighted by Gasteiger charge is -2.19. The van der Waals surface area contributed by atoms with Crippen molar-refractivity contribution in [3.8, 4) is 11.8 Å². The van der Waals surface area contributed by atoms with Crippen LogP contribution in [-0.2, 0) is 0 Å². The number of rotatable bonds is 3. The topological polar surface area (TPSA) is 58.4 Å². The summed E-state index contributed by atoms with van der Waals surface area (Å²) in [5.74, 6) is 4.45. The highest BCUT2D eigenvalue weighted by Crippen LogP contribution is 2.14. The van der Waals surface area contributed by atoms with E-state index in [0.29, 0.717) is 18.2 Å². The van der Waals surface area contributed by atoms with Gasteiger partial charge >= 0.3 is 0 Å². The van der Waals surface area contributed by atoms with E-state index < -0.39 is 5.82 Å². The monoisotopic (exact) mass is 289 g/mol. The second-order valence-corrected chi connectivity index (χ2v) is 5.19. The summed E-state index contributed by atoms with van der Waals surface area (Å²) < 4.78 is 13.9. The number of nitrogens with one attached hydrogen (secondary N) is 1. The number of hydrogen-bond acceptors (Lipinski definition) is 3. The Morgan fingerprint density at radius 1 is 1.57 bits per heavy atom. The second kappa shape index (κ2) is 7.21. The van der Waals surface area contributed by atoms with Crippen molar-refractivity contribution in [1.29, 1.82) is 0 Å². The van der Waals surface area contributed by atoms with E-state index in [1.54, 1.807) is 6.07 Å². The van der Waals surface area contributed by atoms with E-state index in [1.165, 1.54) is 12.1 Å². The number of nitrogens with zero attached hydrogens (tertiary/aromatic N) is 1. The van der Waals surface area contributed by atoms with E-state index in [2.05, 4.69) is 22.1 Å². The van der Waals surface area contributed by atoms with Crippen molar-refractivity contribution in [2.75, 3.05) is 26.7 Å². The average molecular weight is 289 g/mol. The Hall–Kier alpha value is -1.90. The number of likely N-dealkylation sites (N-methyl/N-ethyl adjacent to an activating group) is 1. The Bertz CT molecular complexity index is 577. The molecule has 1 amide bonds. The summed E-state index contributed by atoms with van der Waals surface area (Å²) in [5.41, 5.74) is 5.84. The summed E-state index contributed by atoms with van der Waals surface area (Å²) >= 11 is 0. The van der Waals surface area contributed by atoms with Crippen LogP contribution in [0.1, 0.15) is 28.8 Å². The smallest absolute Gasteiger partial charge is 0.254 e. The first-order chi connectivity index (χ1) is 10.1. The zero-order valence-corrected chi connectivity index (χ0v) is 12.2. The molecule has 1 unspecified atom stereocenters. The molecule has 5 heteroatoms. The average Bonchev–Trinajstić information content (AvgIpc) is 2.88. The quantitative estimate of drug-likeness (QED) is 0.815. The number of benzene rings is 1. The highest BCUT2D eigenvalue weighted by molar-refractivity contribution is 5.94. The Morgan fingerprint density at radius 3 is 3.00 bits per heavy atom. The zero-order valence-electron chi connectivity index (χ0n) is 12.2. The van der Waals surface area contributed by atoms with Crippen molar-refractivity contribution in [1.82, 2.24) is 10.2 Å². The standard InChI is InChI=1S/C16H20FN3O/c1-20-9-3-5-13(20)11-19-16(21)14-7-6-12(4-2-8-18)10-15(14)17/h6-7,10,13H,3,5,8-9,11,18H2,1H3,(H,19,21). The molecule has 1 atom stereocenters. The summed E-state index contributed by atoms with van der Waals surface area (Å²) in [5, 5.41) is 2.80. The minimum atomic E-state index is -0.559. The molecule has 112 valence electrons. The highest BCUT2D eigenvalue weighted by atomic mass is 19.1. The third-order valence-electron chi connectivity index (χ3n) is 3.72. The van der Waals surface area contributed by atoms with Crippen molar-refractivity contribution >= 4 is 5.91 Å². The van der Waals surface area contributed by atoms with Crippen LogP contribution in [-0.4, -0.2) is 43.5 Å². The van der Waals surface area contributed by atoms with Crippen LogP contribution >= 0.6 is 0 Å². The van der Waals surface area contributed by atoms with Crippen molar-refractivity contribution in [3.05, 3.63) is 35.1 Å². The number of carbonyl (C=O) groups excluding carboxylic acids is 1. The van der Waals surface area contributed by atoms with Crippen LogP contribution in [0.2, 0.25) is 0 Å². The molecule has 0 bridgehead atoms. The summed E-state index contributed by atoms with van der Waals surface area (Å²) in [6.07, 6.45) is 2.20. The normalized spacial score (nSPS) is 18.1. The van der Waals surface area contributed by atoms with Crippen LogP contribution in [0.5, 0.6) is 0 Å². The largest absolute Gasteiger partial charge is 0.350 e. The predicted octanol–water partition coefficient (Wildman–Crippen LogP) is 0.960. The van der Waals surface area contributed by atoms with Gasteiger partial charge in [0, 0.05) is 18.2 Å². The number of amides is 1. The SMILES string of the molecule is CN1CCCC1CNC(=O)c1ccc(C#CCN)cc1F. The van der Waals surface area contributed by atoms with Crippen molar-refractivity contribution in [2.45, 2.75) is 18.9 Å². The van der Waals surface area contributed by atoms with E-state index in [1.807, 2.05) is 7.05 Å². The van der Waals surface area contributed by atoms with Crippen molar-refractivity contribution in [2.24, 2.45) is 5.73 Å². The first-order valence-corrected chi connectivity index (χ1v) is 7.08. The molecule has 3 N–H and O–H groups in total. The first-order valence-electron chi connectivity index (χ1n) is 7.08. The van der Waals surface area contributed by atoms with E-state index in [9.17, 15) is 9.18 Å². The van der Waals surface area contributed by atoms with Gasteiger partial charge in [0.15, 0.2) is 0 Å². The number of hydrogen-bond donors (Lipinski definition) is 2. The fourth-order valence-electron chi connectivity index (χ4n) is 2.47. The Kier molecular flexibility index (Phi) is 5.32. The number of likely N-dealkylation sites (tertiary alicyclic amines) is 1. The predicted molar refractivity (Wildman–Crippen MR) is 80.3 cm³/mol. The Balaban J connectivity index is 1.99. The zero-order chi connectivity index (χ0) is 15.2. The summed E-state index contributed by atoms with van der Waals surface area (Å²) in [4.78, 5) is 14.2. The lowest BCUT2D eigenvalue weighted by molar-refractivity contribution is 0.0939. The molecule has 1 heterocycles. The van der Waals surface area contributed by atoms with Crippen molar-refractivity contribution in [3.63, 3.8) is 0 Å². The molecule has 21 heavy (non-hydrogen) atoms. The summed E-state index contributed by atoms with van der Waals surface area (Å²) in [6.45, 7) is 1.81. The third-order valence-corrected chi connectivity index (χ3v) is 3.72. The van der Waals surface area contributed by atoms with Crippen LogP contribution in [0.3, 0.4) is 0 Å². The molecule has 1 aliphatic heterocycles. The van der Waals surface area contributed by atoms with Crippen LogP contribution in [0.15, 0.2) is 18.2 Å². The minimum absolute atomic E-state index is 0.0500. The van der Waals surface area contributed by atoms with Gasteiger partial charge in [0.05, 0.1) is 12.1 Å². The van der Waals surface area contributed by atoms with Gasteiger partial charge in [-0.1, -0.05) is 11.8 Å². The maximum atomic E-state index is 13.9. The summed E-state index contributed by atoms with van der Waals surface area (Å²) in [6, 6.07) is 4.69. The number of carbonyl (C=O) groups is 1. The van der Waals surface area contributed by atoms with Gasteiger partial charge in [-0.2, -0.15) is 0 Å². The van der Waals surface area contributed by atoms with Crippen LogP contribution < -0.4 is 11.1 Å². The summed E-state index contributed by atoms with van der Waals surface area (Å²) in [7, 11) is 2.04. The molecule has 1 aromatic carbocycles. The first kappa shape index (κ1) is 15.5. The maximum Gasteiger partial charge on any atom is 0.254 e. The van der Waals surface area contributed by atoms with E-state index in [-0.39, 0.29) is 18.0 Å². The van der Waals surface area contributed by atoms with Gasteiger partial charge in [0.2, 0.25) is 0 Å². The molecule has 0 aromatic heterocycles. The van der Waals surface area contributed by atoms with E-state index in [4.69, 9.17) is 5.73 Å². The van der Waals surface area contributed by atoms with E-state index >= 15 is 0 Å². The number of nitrogens with two attached hydrogens (primary N) is 1. The third kappa shape index (κ3) is 4.03. The lowest BCUT2D eigenvalue weighted by atomic mass is 10.1. The van der Waals surface area contributed by atoms with Gasteiger partial charge in [0.1, 0.15) is 5.82 Å². The second-order valence-electron chi connectivity index (χ2n) is 5.19. The lowest BCUT2D eigenvalue weighted by Crippen LogP contribution is -2.38. The van der Waals surface area contributed by atoms with Gasteiger partial charge < -0.3 is 16.0 Å². The highest BCUT2D eigenvalue weighted by Gasteiger charge is 2.21. The minimum Gasteiger partial charge on any atom is -0.350 e. The van der Waals surface area contributed by atoms with Gasteiger partial charge in [-0.15, -0.1) is 0 Å². The Labute approximate surface area is 124 Å². The van der Waals surface area contributed by atoms with Crippen LogP contribution in [0.25, 0.3) is 0 Å². The van der Waals surface area contributed by atoms with Gasteiger partial charge in [-0.05, 0) is 44.6 Å². The molecule has 1 fully saturated rings. The molecule has 0 radical (unpaired) electrons. The van der Waals surface area contributed by atoms with Crippen LogP contribution in [0, 0.1) is 17.7 Å².